The predicted molar refractivity (Wildman–Crippen MR) is 83.8 cm³/mol. The van der Waals surface area contributed by atoms with Crippen molar-refractivity contribution in [2.75, 3.05) is 18.4 Å². The van der Waals surface area contributed by atoms with Gasteiger partial charge >= 0.3 is 0 Å². The third-order valence-electron chi connectivity index (χ3n) is 3.38. The molecule has 1 aliphatic rings. The second-order valence-electron chi connectivity index (χ2n) is 5.41. The van der Waals surface area contributed by atoms with Crippen molar-refractivity contribution in [3.05, 3.63) is 29.8 Å². The summed E-state index contributed by atoms with van der Waals surface area (Å²) in [6.45, 7) is 1.92. The molecule has 0 unspecified atom stereocenters. The number of carbonyl (C=O) groups excluding carboxylic acids is 4. The normalized spacial score (nSPS) is 13.1. The van der Waals surface area contributed by atoms with Crippen LogP contribution in [0.5, 0.6) is 0 Å². The van der Waals surface area contributed by atoms with Crippen LogP contribution in [-0.4, -0.2) is 36.6 Å². The van der Waals surface area contributed by atoms with Gasteiger partial charge in [-0.05, 0) is 37.1 Å². The Morgan fingerprint density at radius 2 is 1.61 bits per heavy atom. The average molecular weight is 317 g/mol. The largest absolute Gasteiger partial charge is 0.354 e. The van der Waals surface area contributed by atoms with Crippen LogP contribution in [0.25, 0.3) is 0 Å². The Hall–Kier alpha value is -2.70. The molecular formula is C16H19N3O4. The smallest absolute Gasteiger partial charge is 0.291 e. The molecule has 7 nitrogen and oxygen atoms in total. The highest BCUT2D eigenvalue weighted by molar-refractivity contribution is 6.39. The number of hydrogen-bond donors (Lipinski definition) is 3. The van der Waals surface area contributed by atoms with E-state index in [2.05, 4.69) is 16.0 Å². The number of amides is 3. The second-order valence-corrected chi connectivity index (χ2v) is 5.41. The van der Waals surface area contributed by atoms with Crippen molar-refractivity contribution in [2.24, 2.45) is 5.92 Å². The second kappa shape index (κ2) is 7.53. The van der Waals surface area contributed by atoms with Crippen LogP contribution in [0.1, 0.15) is 30.1 Å². The molecule has 0 bridgehead atoms. The number of hydrogen-bond acceptors (Lipinski definition) is 4. The molecule has 7 heteroatoms. The van der Waals surface area contributed by atoms with Gasteiger partial charge < -0.3 is 16.0 Å². The van der Waals surface area contributed by atoms with Crippen LogP contribution in [0, 0.1) is 5.92 Å². The summed E-state index contributed by atoms with van der Waals surface area (Å²) in [6.07, 6.45) is 1.90. The molecule has 2 rings (SSSR count). The Labute approximate surface area is 133 Å². The van der Waals surface area contributed by atoms with E-state index in [1.54, 1.807) is 24.3 Å². The van der Waals surface area contributed by atoms with E-state index in [4.69, 9.17) is 0 Å². The Morgan fingerprint density at radius 1 is 1.00 bits per heavy atom. The molecule has 0 aromatic heterocycles. The first-order valence-corrected chi connectivity index (χ1v) is 7.45. The van der Waals surface area contributed by atoms with Crippen molar-refractivity contribution in [3.63, 3.8) is 0 Å². The zero-order chi connectivity index (χ0) is 16.8. The van der Waals surface area contributed by atoms with Crippen LogP contribution in [-0.2, 0) is 14.4 Å². The minimum absolute atomic E-state index is 0.0461. The first kappa shape index (κ1) is 16.7. The zero-order valence-electron chi connectivity index (χ0n) is 12.8. The van der Waals surface area contributed by atoms with Gasteiger partial charge in [0.05, 0.1) is 0 Å². The number of Topliss-reactive ketones (excluding diaryl/α,β-unsaturated/α-hetero) is 1. The topological polar surface area (TPSA) is 104 Å². The highest BCUT2D eigenvalue weighted by atomic mass is 16.2. The summed E-state index contributed by atoms with van der Waals surface area (Å²) < 4.78 is 0. The number of anilines is 1. The minimum atomic E-state index is -0.700. The molecule has 1 aromatic carbocycles. The van der Waals surface area contributed by atoms with Gasteiger partial charge in [0.2, 0.25) is 11.7 Å². The first-order valence-electron chi connectivity index (χ1n) is 7.45. The zero-order valence-corrected chi connectivity index (χ0v) is 12.8. The van der Waals surface area contributed by atoms with E-state index in [0.29, 0.717) is 24.3 Å². The molecule has 0 aliphatic heterocycles. The molecule has 1 aliphatic carbocycles. The van der Waals surface area contributed by atoms with Gasteiger partial charge in [-0.3, -0.25) is 19.2 Å². The number of rotatable bonds is 7. The maximum atomic E-state index is 11.9. The van der Waals surface area contributed by atoms with Crippen molar-refractivity contribution in [3.8, 4) is 0 Å². The van der Waals surface area contributed by atoms with Gasteiger partial charge in [-0.2, -0.15) is 0 Å². The van der Waals surface area contributed by atoms with Crippen LogP contribution in [0.4, 0.5) is 5.69 Å². The van der Waals surface area contributed by atoms with Gasteiger partial charge in [0.15, 0.2) is 0 Å². The van der Waals surface area contributed by atoms with E-state index in [1.807, 2.05) is 0 Å². The molecule has 23 heavy (non-hydrogen) atoms. The molecule has 0 spiro atoms. The lowest BCUT2D eigenvalue weighted by molar-refractivity contribution is -0.133. The Bertz CT molecular complexity index is 621. The van der Waals surface area contributed by atoms with Gasteiger partial charge in [-0.15, -0.1) is 0 Å². The molecule has 1 saturated carbocycles. The molecule has 122 valence electrons. The van der Waals surface area contributed by atoms with Crippen molar-refractivity contribution in [2.45, 2.75) is 19.8 Å². The third-order valence-corrected chi connectivity index (χ3v) is 3.38. The average Bonchev–Trinajstić information content (AvgIpc) is 3.36. The van der Waals surface area contributed by atoms with E-state index in [0.717, 1.165) is 12.8 Å². The van der Waals surface area contributed by atoms with Crippen molar-refractivity contribution >= 4 is 29.2 Å². The van der Waals surface area contributed by atoms with Crippen molar-refractivity contribution in [1.29, 1.82) is 0 Å². The molecule has 1 fully saturated rings. The lowest BCUT2D eigenvalue weighted by Gasteiger charge is -2.08. The summed E-state index contributed by atoms with van der Waals surface area (Å²) in [5, 5.41) is 7.88. The van der Waals surface area contributed by atoms with E-state index >= 15 is 0 Å². The maximum Gasteiger partial charge on any atom is 0.291 e. The number of nitrogens with one attached hydrogen (secondary N) is 3. The third kappa shape index (κ3) is 5.21. The highest BCUT2D eigenvalue weighted by Gasteiger charge is 2.28. The minimum Gasteiger partial charge on any atom is -0.354 e. The van der Waals surface area contributed by atoms with E-state index < -0.39 is 11.7 Å². The predicted octanol–water partition coefficient (Wildman–Crippen LogP) is 0.470. The summed E-state index contributed by atoms with van der Waals surface area (Å²) in [6, 6.07) is 6.19. The lowest BCUT2D eigenvalue weighted by atomic mass is 10.2. The first-order chi connectivity index (χ1) is 11.0. The molecule has 0 atom stereocenters. The SMILES string of the molecule is CC(=O)C(=O)Nc1ccc(C(=O)NCCNC(=O)C2CC2)cc1. The number of benzene rings is 1. The summed E-state index contributed by atoms with van der Waals surface area (Å²) in [7, 11) is 0. The molecule has 0 radical (unpaired) electrons. The Kier molecular flexibility index (Phi) is 5.46. The van der Waals surface area contributed by atoms with Crippen LogP contribution in [0.15, 0.2) is 24.3 Å². The van der Waals surface area contributed by atoms with E-state index in [-0.39, 0.29) is 17.7 Å². The molecule has 0 heterocycles. The monoisotopic (exact) mass is 317 g/mol. The van der Waals surface area contributed by atoms with E-state index in [9.17, 15) is 19.2 Å². The molecule has 3 N–H and O–H groups in total. The number of carbonyl (C=O) groups is 4. The van der Waals surface area contributed by atoms with Gasteiger partial charge in [0.25, 0.3) is 11.8 Å². The van der Waals surface area contributed by atoms with Gasteiger partial charge in [0, 0.05) is 37.2 Å². The van der Waals surface area contributed by atoms with Crippen LogP contribution < -0.4 is 16.0 Å². The van der Waals surface area contributed by atoms with Crippen LogP contribution in [0.2, 0.25) is 0 Å². The highest BCUT2D eigenvalue weighted by Crippen LogP contribution is 2.28. The summed E-state index contributed by atoms with van der Waals surface area (Å²) in [5.41, 5.74) is 0.873. The molecule has 0 saturated heterocycles. The maximum absolute atomic E-state index is 11.9. The van der Waals surface area contributed by atoms with Crippen molar-refractivity contribution < 1.29 is 19.2 Å². The van der Waals surface area contributed by atoms with Crippen molar-refractivity contribution in [1.82, 2.24) is 10.6 Å². The molecule has 1 aromatic rings. The van der Waals surface area contributed by atoms with Gasteiger partial charge in [0.1, 0.15) is 0 Å². The lowest BCUT2D eigenvalue weighted by Crippen LogP contribution is -2.35. The molecular weight excluding hydrogens is 298 g/mol. The van der Waals surface area contributed by atoms with Crippen LogP contribution in [0.3, 0.4) is 0 Å². The fourth-order valence-corrected chi connectivity index (χ4v) is 1.88. The fraction of sp³-hybridized carbons (Fsp3) is 0.375. The number of ketones is 1. The standard InChI is InChI=1S/C16H19N3O4/c1-10(20)14(21)19-13-6-4-12(5-7-13)16(23)18-9-8-17-15(22)11-2-3-11/h4-7,11H,2-3,8-9H2,1H3,(H,17,22)(H,18,23)(H,19,21). The summed E-state index contributed by atoms with van der Waals surface area (Å²) in [5.74, 6) is -1.35. The van der Waals surface area contributed by atoms with Crippen LogP contribution >= 0.6 is 0 Å². The molecule has 3 amide bonds. The van der Waals surface area contributed by atoms with Gasteiger partial charge in [-0.25, -0.2) is 0 Å². The summed E-state index contributed by atoms with van der Waals surface area (Å²) >= 11 is 0. The Morgan fingerprint density at radius 3 is 2.17 bits per heavy atom. The quantitative estimate of drug-likeness (QED) is 0.502. The Balaban J connectivity index is 1.74. The van der Waals surface area contributed by atoms with Gasteiger partial charge in [-0.1, -0.05) is 0 Å². The summed E-state index contributed by atoms with van der Waals surface area (Å²) in [4.78, 5) is 45.4. The fourth-order valence-electron chi connectivity index (χ4n) is 1.88. The van der Waals surface area contributed by atoms with E-state index in [1.165, 1.54) is 6.92 Å².